The molecule has 11 heteroatoms. The molecule has 1 aromatic heterocycles. The highest BCUT2D eigenvalue weighted by molar-refractivity contribution is 6.42. The van der Waals surface area contributed by atoms with Gasteiger partial charge in [-0.25, -0.2) is 18.3 Å². The van der Waals surface area contributed by atoms with Gasteiger partial charge in [-0.15, -0.1) is 0 Å². The number of benzene rings is 2. The predicted octanol–water partition coefficient (Wildman–Crippen LogP) is 7.42. The van der Waals surface area contributed by atoms with Gasteiger partial charge >= 0.3 is 6.03 Å². The molecule has 0 aliphatic heterocycles. The Bertz CT molecular complexity index is 1310. The van der Waals surface area contributed by atoms with Crippen molar-refractivity contribution in [2.24, 2.45) is 0 Å². The Kier molecular flexibility index (Phi) is 9.73. The van der Waals surface area contributed by atoms with Gasteiger partial charge in [-0.05, 0) is 36.8 Å². The van der Waals surface area contributed by atoms with Crippen LogP contribution in [0.5, 0.6) is 0 Å². The van der Waals surface area contributed by atoms with E-state index in [4.69, 9.17) is 23.2 Å². The van der Waals surface area contributed by atoms with Crippen LogP contribution in [0.1, 0.15) is 52.7 Å². The minimum absolute atomic E-state index is 0.0855. The molecule has 0 fully saturated rings. The number of carbonyl (C=O) groups is 2. The summed E-state index contributed by atoms with van der Waals surface area (Å²) in [4.78, 5) is 27.4. The Morgan fingerprint density at radius 2 is 1.71 bits per heavy atom. The van der Waals surface area contributed by atoms with Crippen LogP contribution in [-0.2, 0) is 10.2 Å². The summed E-state index contributed by atoms with van der Waals surface area (Å²) in [5.74, 6) is -2.16. The van der Waals surface area contributed by atoms with Crippen molar-refractivity contribution < 1.29 is 18.4 Å². The highest BCUT2D eigenvalue weighted by Gasteiger charge is 2.23. The second-order valence-corrected chi connectivity index (χ2v) is 10.7. The van der Waals surface area contributed by atoms with E-state index >= 15 is 0 Å². The third kappa shape index (κ3) is 7.68. The van der Waals surface area contributed by atoms with Crippen LogP contribution in [0.25, 0.3) is 5.69 Å². The lowest BCUT2D eigenvalue weighted by molar-refractivity contribution is -0.116. The van der Waals surface area contributed by atoms with E-state index in [0.717, 1.165) is 30.7 Å². The molecule has 0 spiro atoms. The zero-order chi connectivity index (χ0) is 28.0. The zero-order valence-corrected chi connectivity index (χ0v) is 23.3. The quantitative estimate of drug-likeness (QED) is 0.265. The smallest absolute Gasteiger partial charge is 0.315 e. The number of halogens is 4. The fraction of sp³-hybridized carbons (Fsp3) is 0.370. The molecule has 1 heterocycles. The number of hydrogen-bond donors (Lipinski definition) is 2. The molecule has 0 aliphatic carbocycles. The molecule has 2 N–H and O–H groups in total. The minimum atomic E-state index is -1.08. The van der Waals surface area contributed by atoms with Gasteiger partial charge in [0.2, 0.25) is 5.91 Å². The van der Waals surface area contributed by atoms with Crippen molar-refractivity contribution in [1.29, 1.82) is 0 Å². The first-order chi connectivity index (χ1) is 17.9. The Balaban J connectivity index is 1.83. The van der Waals surface area contributed by atoms with Gasteiger partial charge in [-0.1, -0.05) is 63.7 Å². The van der Waals surface area contributed by atoms with Gasteiger partial charge in [0.25, 0.3) is 0 Å². The summed E-state index contributed by atoms with van der Waals surface area (Å²) in [6, 6.07) is 9.25. The van der Waals surface area contributed by atoms with E-state index < -0.39 is 23.6 Å². The third-order valence-corrected chi connectivity index (χ3v) is 6.46. The van der Waals surface area contributed by atoms with E-state index in [2.05, 4.69) is 15.7 Å². The number of hydrogen-bond acceptors (Lipinski definition) is 3. The summed E-state index contributed by atoms with van der Waals surface area (Å²) in [6.45, 7) is 8.05. The van der Waals surface area contributed by atoms with Crippen LogP contribution >= 0.6 is 23.2 Å². The summed E-state index contributed by atoms with van der Waals surface area (Å²) in [6.07, 6.45) is 2.45. The summed E-state index contributed by atoms with van der Waals surface area (Å²) in [7, 11) is 0. The number of unbranched alkanes of at least 4 members (excludes halogenated alkanes) is 2. The number of amides is 3. The molecule has 0 bridgehead atoms. The lowest BCUT2D eigenvalue weighted by atomic mass is 9.92. The molecule has 0 unspecified atom stereocenters. The van der Waals surface area contributed by atoms with Gasteiger partial charge in [0.05, 0.1) is 21.4 Å². The first-order valence-electron chi connectivity index (χ1n) is 12.3. The fourth-order valence-corrected chi connectivity index (χ4v) is 3.88. The van der Waals surface area contributed by atoms with E-state index in [9.17, 15) is 18.4 Å². The van der Waals surface area contributed by atoms with E-state index in [1.807, 2.05) is 27.7 Å². The standard InChI is InChI=1S/C27H31Cl2F2N5O2/c1-5-6-7-12-35(26(38)32-17-8-11-21(30)22(31)13-17)16-25(37)33-24-15-23(27(2,3)4)34-36(24)18-9-10-19(28)20(29)14-18/h8-11,13-15H,5-7,12,16H2,1-4H3,(H,32,38)(H,33,37). The maximum atomic E-state index is 13.6. The molecule has 0 saturated carbocycles. The Labute approximate surface area is 231 Å². The van der Waals surface area contributed by atoms with Crippen molar-refractivity contribution >= 4 is 46.6 Å². The van der Waals surface area contributed by atoms with E-state index in [1.54, 1.807) is 28.9 Å². The lowest BCUT2D eigenvalue weighted by Gasteiger charge is -2.23. The number of aromatic nitrogens is 2. The highest BCUT2D eigenvalue weighted by atomic mass is 35.5. The molecular formula is C27H31Cl2F2N5O2. The van der Waals surface area contributed by atoms with Crippen LogP contribution in [0.15, 0.2) is 42.5 Å². The normalized spacial score (nSPS) is 11.4. The lowest BCUT2D eigenvalue weighted by Crippen LogP contribution is -2.41. The van der Waals surface area contributed by atoms with Gasteiger partial charge in [0.15, 0.2) is 11.6 Å². The van der Waals surface area contributed by atoms with E-state index in [0.29, 0.717) is 34.5 Å². The van der Waals surface area contributed by atoms with Gasteiger partial charge in [-0.2, -0.15) is 5.10 Å². The zero-order valence-electron chi connectivity index (χ0n) is 21.7. The van der Waals surface area contributed by atoms with Crippen molar-refractivity contribution in [1.82, 2.24) is 14.7 Å². The SMILES string of the molecule is CCCCCN(CC(=O)Nc1cc(C(C)(C)C)nn1-c1ccc(Cl)c(Cl)c1)C(=O)Nc1ccc(F)c(F)c1. The number of carbonyl (C=O) groups excluding carboxylic acids is 2. The number of rotatable bonds is 9. The monoisotopic (exact) mass is 565 g/mol. The number of anilines is 2. The number of nitrogens with zero attached hydrogens (tertiary/aromatic N) is 3. The molecule has 3 amide bonds. The molecule has 7 nitrogen and oxygen atoms in total. The second-order valence-electron chi connectivity index (χ2n) is 9.91. The van der Waals surface area contributed by atoms with Crippen molar-refractivity contribution in [3.05, 3.63) is 69.8 Å². The molecule has 3 aromatic rings. The number of urea groups is 1. The molecule has 3 rings (SSSR count). The molecule has 204 valence electrons. The molecule has 0 aliphatic rings. The van der Waals surface area contributed by atoms with Crippen molar-refractivity contribution in [2.45, 2.75) is 52.4 Å². The topological polar surface area (TPSA) is 79.3 Å². The minimum Gasteiger partial charge on any atom is -0.315 e. The Morgan fingerprint density at radius 1 is 0.974 bits per heavy atom. The second kappa shape index (κ2) is 12.6. The maximum absolute atomic E-state index is 13.6. The molecule has 0 radical (unpaired) electrons. The first-order valence-corrected chi connectivity index (χ1v) is 13.0. The molecule has 2 aromatic carbocycles. The highest BCUT2D eigenvalue weighted by Crippen LogP contribution is 2.29. The average molecular weight is 566 g/mol. The summed E-state index contributed by atoms with van der Waals surface area (Å²) in [5.41, 5.74) is 1.11. The van der Waals surface area contributed by atoms with E-state index in [-0.39, 0.29) is 17.6 Å². The molecule has 0 saturated heterocycles. The van der Waals surface area contributed by atoms with Crippen molar-refractivity contribution in [3.63, 3.8) is 0 Å². The molecular weight excluding hydrogens is 535 g/mol. The first kappa shape index (κ1) is 29.4. The number of nitrogens with one attached hydrogen (secondary N) is 2. The largest absolute Gasteiger partial charge is 0.322 e. The summed E-state index contributed by atoms with van der Waals surface area (Å²) in [5, 5.41) is 10.8. The predicted molar refractivity (Wildman–Crippen MR) is 147 cm³/mol. The van der Waals surface area contributed by atoms with Gasteiger partial charge in [0.1, 0.15) is 12.4 Å². The van der Waals surface area contributed by atoms with Crippen LogP contribution in [0.2, 0.25) is 10.0 Å². The Hall–Kier alpha value is -3.17. The third-order valence-electron chi connectivity index (χ3n) is 5.72. The van der Waals surface area contributed by atoms with Gasteiger partial charge in [-0.3, -0.25) is 4.79 Å². The summed E-state index contributed by atoms with van der Waals surface area (Å²) < 4.78 is 28.5. The van der Waals surface area contributed by atoms with Crippen LogP contribution in [0.4, 0.5) is 25.1 Å². The Morgan fingerprint density at radius 3 is 2.34 bits per heavy atom. The summed E-state index contributed by atoms with van der Waals surface area (Å²) >= 11 is 12.3. The van der Waals surface area contributed by atoms with Crippen LogP contribution in [0.3, 0.4) is 0 Å². The van der Waals surface area contributed by atoms with Crippen molar-refractivity contribution in [3.8, 4) is 5.69 Å². The maximum Gasteiger partial charge on any atom is 0.322 e. The molecule has 0 atom stereocenters. The molecule has 38 heavy (non-hydrogen) atoms. The van der Waals surface area contributed by atoms with Crippen LogP contribution < -0.4 is 10.6 Å². The van der Waals surface area contributed by atoms with Crippen molar-refractivity contribution in [2.75, 3.05) is 23.7 Å². The van der Waals surface area contributed by atoms with Crippen LogP contribution in [-0.4, -0.2) is 39.7 Å². The van der Waals surface area contributed by atoms with Crippen LogP contribution in [0, 0.1) is 11.6 Å². The van der Waals surface area contributed by atoms with E-state index in [1.165, 1.54) is 11.0 Å². The van der Waals surface area contributed by atoms with Gasteiger partial charge in [0, 0.05) is 29.8 Å². The van der Waals surface area contributed by atoms with Gasteiger partial charge < -0.3 is 15.5 Å². The average Bonchev–Trinajstić information content (AvgIpc) is 3.27. The fourth-order valence-electron chi connectivity index (χ4n) is 3.59.